The number of nitrogens with zero attached hydrogens (tertiary/aromatic N) is 1. The van der Waals surface area contributed by atoms with Crippen molar-refractivity contribution in [2.45, 2.75) is 6.43 Å². The third kappa shape index (κ3) is 1.97. The van der Waals surface area contributed by atoms with E-state index in [1.165, 1.54) is 22.6 Å². The Balaban J connectivity index is 3.33. The van der Waals surface area contributed by atoms with E-state index in [-0.39, 0.29) is 0 Å². The highest BCUT2D eigenvalue weighted by atomic mass is 127. The molecule has 7 heteroatoms. The lowest BCUT2D eigenvalue weighted by Crippen LogP contribution is -2.08. The fourth-order valence-electron chi connectivity index (χ4n) is 0.779. The zero-order valence-corrected chi connectivity index (χ0v) is 8.63. The highest BCUT2D eigenvalue weighted by Crippen LogP contribution is 2.25. The van der Waals surface area contributed by atoms with Gasteiger partial charge in [-0.25, -0.2) is 22.9 Å². The molecule has 0 aliphatic rings. The maximum Gasteiger partial charge on any atom is 0.355 e. The van der Waals surface area contributed by atoms with Crippen LogP contribution in [0, 0.1) is 9.39 Å². The molecule has 1 rings (SSSR count). The summed E-state index contributed by atoms with van der Waals surface area (Å²) in [7, 11) is 0. The molecule has 76 valence electrons. The Morgan fingerprint density at radius 1 is 1.57 bits per heavy atom. The molecule has 0 aliphatic heterocycles. The van der Waals surface area contributed by atoms with Crippen molar-refractivity contribution in [3.8, 4) is 0 Å². The molecular formula is C7H3F3INO2. The van der Waals surface area contributed by atoms with Crippen LogP contribution in [0.5, 0.6) is 0 Å². The van der Waals surface area contributed by atoms with Crippen LogP contribution in [-0.4, -0.2) is 16.1 Å². The lowest BCUT2D eigenvalue weighted by atomic mass is 10.2. The smallest absolute Gasteiger partial charge is 0.355 e. The molecule has 0 saturated heterocycles. The largest absolute Gasteiger partial charge is 0.476 e. The van der Waals surface area contributed by atoms with E-state index in [0.29, 0.717) is 6.20 Å². The molecule has 0 radical (unpaired) electrons. The molecule has 0 spiro atoms. The van der Waals surface area contributed by atoms with Gasteiger partial charge in [0.1, 0.15) is 5.82 Å². The summed E-state index contributed by atoms with van der Waals surface area (Å²) in [5.41, 5.74) is -1.45. The molecular weight excluding hydrogens is 314 g/mol. The monoisotopic (exact) mass is 317 g/mol. The van der Waals surface area contributed by atoms with E-state index < -0.39 is 33.0 Å². The number of carbonyl (C=O) groups is 1. The lowest BCUT2D eigenvalue weighted by Gasteiger charge is -2.04. The average molecular weight is 317 g/mol. The number of carboxylic acid groups (broad SMARTS) is 1. The maximum absolute atomic E-state index is 13.1. The maximum atomic E-state index is 13.1. The molecule has 0 amide bonds. The van der Waals surface area contributed by atoms with Crippen LogP contribution in [0.4, 0.5) is 13.2 Å². The Labute approximate surface area is 90.1 Å². The predicted octanol–water partition coefficient (Wildman–Crippen LogP) is 2.46. The van der Waals surface area contributed by atoms with Gasteiger partial charge in [0.15, 0.2) is 5.69 Å². The highest BCUT2D eigenvalue weighted by molar-refractivity contribution is 14.1. The first-order valence-electron chi connectivity index (χ1n) is 3.30. The molecule has 0 bridgehead atoms. The number of carboxylic acids is 1. The summed E-state index contributed by atoms with van der Waals surface area (Å²) in [6.07, 6.45) is -2.47. The van der Waals surface area contributed by atoms with Crippen molar-refractivity contribution >= 4 is 28.6 Å². The Hall–Kier alpha value is -0.860. The number of pyridine rings is 1. The van der Waals surface area contributed by atoms with Gasteiger partial charge >= 0.3 is 5.97 Å². The quantitative estimate of drug-likeness (QED) is 0.853. The van der Waals surface area contributed by atoms with E-state index in [1.807, 2.05) is 0 Å². The Morgan fingerprint density at radius 3 is 2.57 bits per heavy atom. The van der Waals surface area contributed by atoms with Gasteiger partial charge in [0.05, 0.1) is 9.13 Å². The van der Waals surface area contributed by atoms with Crippen LogP contribution in [0.3, 0.4) is 0 Å². The van der Waals surface area contributed by atoms with Crippen molar-refractivity contribution < 1.29 is 23.1 Å². The minimum absolute atomic E-state index is 0.409. The van der Waals surface area contributed by atoms with Crippen molar-refractivity contribution in [2.24, 2.45) is 0 Å². The molecule has 0 aromatic carbocycles. The van der Waals surface area contributed by atoms with Crippen molar-refractivity contribution in [3.63, 3.8) is 0 Å². The molecule has 1 aromatic heterocycles. The van der Waals surface area contributed by atoms with E-state index in [4.69, 9.17) is 5.11 Å². The van der Waals surface area contributed by atoms with Gasteiger partial charge in [0, 0.05) is 6.20 Å². The van der Waals surface area contributed by atoms with E-state index in [9.17, 15) is 18.0 Å². The number of hydrogen-bond acceptors (Lipinski definition) is 2. The molecule has 3 nitrogen and oxygen atoms in total. The van der Waals surface area contributed by atoms with Crippen LogP contribution in [0.15, 0.2) is 6.20 Å². The molecule has 0 atom stereocenters. The second-order valence-corrected chi connectivity index (χ2v) is 3.37. The predicted molar refractivity (Wildman–Crippen MR) is 48.8 cm³/mol. The number of alkyl halides is 2. The van der Waals surface area contributed by atoms with Crippen molar-refractivity contribution in [1.82, 2.24) is 4.98 Å². The second kappa shape index (κ2) is 4.11. The van der Waals surface area contributed by atoms with E-state index in [1.54, 1.807) is 0 Å². The summed E-state index contributed by atoms with van der Waals surface area (Å²) in [4.78, 5) is 13.7. The number of hydrogen-bond donors (Lipinski definition) is 1. The summed E-state index contributed by atoms with van der Waals surface area (Å²) < 4.78 is 36.9. The minimum atomic E-state index is -3.00. The van der Waals surface area contributed by atoms with E-state index in [0.717, 1.165) is 0 Å². The van der Waals surface area contributed by atoms with Gasteiger partial charge in [0.25, 0.3) is 6.43 Å². The normalized spacial score (nSPS) is 10.6. The van der Waals surface area contributed by atoms with Crippen molar-refractivity contribution in [2.75, 3.05) is 0 Å². The summed E-state index contributed by atoms with van der Waals surface area (Å²) in [5.74, 6) is -2.68. The summed E-state index contributed by atoms with van der Waals surface area (Å²) in [6.45, 7) is 0. The van der Waals surface area contributed by atoms with E-state index >= 15 is 0 Å². The molecule has 14 heavy (non-hydrogen) atoms. The summed E-state index contributed by atoms with van der Waals surface area (Å²) >= 11 is 1.33. The van der Waals surface area contributed by atoms with Crippen molar-refractivity contribution in [3.05, 3.63) is 26.8 Å². The van der Waals surface area contributed by atoms with Gasteiger partial charge in [-0.3, -0.25) is 0 Å². The molecule has 0 unspecified atom stereocenters. The number of halogens is 4. The lowest BCUT2D eigenvalue weighted by molar-refractivity contribution is 0.0687. The van der Waals surface area contributed by atoms with Gasteiger partial charge in [-0.2, -0.15) is 0 Å². The molecule has 0 aliphatic carbocycles. The van der Waals surface area contributed by atoms with Gasteiger partial charge < -0.3 is 5.11 Å². The zero-order chi connectivity index (χ0) is 10.9. The number of aromatic carboxylic acids is 1. The third-order valence-electron chi connectivity index (χ3n) is 1.42. The Bertz CT molecular complexity index is 383. The first-order valence-corrected chi connectivity index (χ1v) is 4.38. The van der Waals surface area contributed by atoms with Gasteiger partial charge in [-0.1, -0.05) is 0 Å². The number of aromatic nitrogens is 1. The summed E-state index contributed by atoms with van der Waals surface area (Å²) in [6, 6.07) is 0. The molecule has 0 fully saturated rings. The van der Waals surface area contributed by atoms with Crippen molar-refractivity contribution in [1.29, 1.82) is 0 Å². The minimum Gasteiger partial charge on any atom is -0.476 e. The fourth-order valence-corrected chi connectivity index (χ4v) is 1.46. The van der Waals surface area contributed by atoms with Crippen LogP contribution < -0.4 is 0 Å². The molecule has 1 heterocycles. The van der Waals surface area contributed by atoms with Crippen LogP contribution in [0.25, 0.3) is 0 Å². The Kier molecular flexibility index (Phi) is 3.29. The Morgan fingerprint density at radius 2 is 2.14 bits per heavy atom. The van der Waals surface area contributed by atoms with Crippen LogP contribution in [0.2, 0.25) is 0 Å². The molecule has 1 aromatic rings. The average Bonchev–Trinajstić information content (AvgIpc) is 2.08. The fraction of sp³-hybridized carbons (Fsp3) is 0.143. The molecule has 0 saturated carbocycles. The third-order valence-corrected chi connectivity index (χ3v) is 2.41. The first-order chi connectivity index (χ1) is 6.45. The highest BCUT2D eigenvalue weighted by Gasteiger charge is 2.21. The van der Waals surface area contributed by atoms with Crippen LogP contribution >= 0.6 is 22.6 Å². The van der Waals surface area contributed by atoms with Gasteiger partial charge in [-0.05, 0) is 22.6 Å². The first kappa shape index (κ1) is 11.2. The van der Waals surface area contributed by atoms with Gasteiger partial charge in [-0.15, -0.1) is 0 Å². The zero-order valence-electron chi connectivity index (χ0n) is 6.47. The second-order valence-electron chi connectivity index (χ2n) is 2.30. The van der Waals surface area contributed by atoms with E-state index in [2.05, 4.69) is 4.98 Å². The molecule has 1 N–H and O–H groups in total. The topological polar surface area (TPSA) is 50.2 Å². The standard InChI is InChI=1S/C7H3F3INO2/c8-3-2(6(9)10)1-12-5(4(3)11)7(13)14/h1,6H,(H,13,14). The SMILES string of the molecule is O=C(O)c1ncc(C(F)F)c(F)c1I. The van der Waals surface area contributed by atoms with Crippen LogP contribution in [-0.2, 0) is 0 Å². The van der Waals surface area contributed by atoms with Crippen LogP contribution in [0.1, 0.15) is 22.5 Å². The number of rotatable bonds is 2. The van der Waals surface area contributed by atoms with Gasteiger partial charge in [0.2, 0.25) is 0 Å². The summed E-state index contributed by atoms with van der Waals surface area (Å²) in [5, 5.41) is 8.50.